The van der Waals surface area contributed by atoms with E-state index in [1.165, 1.54) is 0 Å². The highest BCUT2D eigenvalue weighted by Gasteiger charge is 2.24. The zero-order valence-electron chi connectivity index (χ0n) is 13.2. The number of amides is 1. The standard InChI is InChI=1S/C16H30N2O3/c1-13-11-15(3-7-17-13)16(19)18-6-2-8-21-12-14-4-9-20-10-5-14/h13-15,17H,2-12H2,1H3,(H,18,19)/t13-,15-/m0/s1. The molecule has 0 aromatic carbocycles. The van der Waals surface area contributed by atoms with E-state index in [4.69, 9.17) is 9.47 Å². The summed E-state index contributed by atoms with van der Waals surface area (Å²) in [6.45, 7) is 7.14. The van der Waals surface area contributed by atoms with Crippen LogP contribution in [-0.4, -0.2) is 51.5 Å². The second kappa shape index (κ2) is 9.38. The fourth-order valence-electron chi connectivity index (χ4n) is 3.06. The second-order valence-corrected chi connectivity index (χ2v) is 6.35. The highest BCUT2D eigenvalue weighted by atomic mass is 16.5. The summed E-state index contributed by atoms with van der Waals surface area (Å²) in [6, 6.07) is 0.456. The molecular formula is C16H30N2O3. The topological polar surface area (TPSA) is 59.6 Å². The Bertz CT molecular complexity index is 306. The normalized spacial score (nSPS) is 27.5. The molecule has 5 heteroatoms. The molecule has 0 bridgehead atoms. The van der Waals surface area contributed by atoms with Gasteiger partial charge in [-0.05, 0) is 51.5 Å². The van der Waals surface area contributed by atoms with Gasteiger partial charge in [-0.15, -0.1) is 0 Å². The lowest BCUT2D eigenvalue weighted by Crippen LogP contribution is -2.42. The van der Waals surface area contributed by atoms with Gasteiger partial charge < -0.3 is 20.1 Å². The fraction of sp³-hybridized carbons (Fsp3) is 0.938. The van der Waals surface area contributed by atoms with Gasteiger partial charge >= 0.3 is 0 Å². The van der Waals surface area contributed by atoms with Crippen molar-refractivity contribution in [1.29, 1.82) is 0 Å². The number of carbonyl (C=O) groups excluding carboxylic acids is 1. The van der Waals surface area contributed by atoms with Crippen molar-refractivity contribution in [3.8, 4) is 0 Å². The molecule has 0 aromatic heterocycles. The molecule has 21 heavy (non-hydrogen) atoms. The Morgan fingerprint density at radius 2 is 2.14 bits per heavy atom. The Morgan fingerprint density at radius 1 is 1.33 bits per heavy atom. The Hall–Kier alpha value is -0.650. The summed E-state index contributed by atoms with van der Waals surface area (Å²) < 4.78 is 11.0. The van der Waals surface area contributed by atoms with Gasteiger partial charge in [0.05, 0.1) is 0 Å². The van der Waals surface area contributed by atoms with Crippen molar-refractivity contribution < 1.29 is 14.3 Å². The van der Waals surface area contributed by atoms with Crippen molar-refractivity contribution in [3.05, 3.63) is 0 Å². The highest BCUT2D eigenvalue weighted by molar-refractivity contribution is 5.78. The maximum absolute atomic E-state index is 12.0. The van der Waals surface area contributed by atoms with Gasteiger partial charge in [-0.3, -0.25) is 4.79 Å². The summed E-state index contributed by atoms with van der Waals surface area (Å²) in [5.74, 6) is 1.06. The molecule has 2 N–H and O–H groups in total. The monoisotopic (exact) mass is 298 g/mol. The summed E-state index contributed by atoms with van der Waals surface area (Å²) in [4.78, 5) is 12.0. The lowest BCUT2D eigenvalue weighted by molar-refractivity contribution is -0.126. The van der Waals surface area contributed by atoms with Crippen molar-refractivity contribution >= 4 is 5.91 Å². The van der Waals surface area contributed by atoms with Crippen molar-refractivity contribution in [2.75, 3.05) is 39.5 Å². The van der Waals surface area contributed by atoms with Crippen LogP contribution in [0.25, 0.3) is 0 Å². The molecular weight excluding hydrogens is 268 g/mol. The number of hydrogen-bond acceptors (Lipinski definition) is 4. The Kier molecular flexibility index (Phi) is 7.47. The number of piperidine rings is 1. The average Bonchev–Trinajstić information content (AvgIpc) is 2.51. The maximum Gasteiger partial charge on any atom is 0.223 e. The number of ether oxygens (including phenoxy) is 2. The van der Waals surface area contributed by atoms with Crippen molar-refractivity contribution in [3.63, 3.8) is 0 Å². The van der Waals surface area contributed by atoms with E-state index in [9.17, 15) is 4.79 Å². The van der Waals surface area contributed by atoms with E-state index in [1.54, 1.807) is 0 Å². The van der Waals surface area contributed by atoms with Crippen LogP contribution >= 0.6 is 0 Å². The third-order valence-corrected chi connectivity index (χ3v) is 4.45. The molecule has 0 aliphatic carbocycles. The molecule has 0 saturated carbocycles. The molecule has 2 fully saturated rings. The van der Waals surface area contributed by atoms with Crippen LogP contribution in [0.5, 0.6) is 0 Å². The molecule has 0 unspecified atom stereocenters. The van der Waals surface area contributed by atoms with Crippen LogP contribution in [0.3, 0.4) is 0 Å². The van der Waals surface area contributed by atoms with Crippen molar-refractivity contribution in [1.82, 2.24) is 10.6 Å². The van der Waals surface area contributed by atoms with Crippen LogP contribution in [0.4, 0.5) is 0 Å². The maximum atomic E-state index is 12.0. The van der Waals surface area contributed by atoms with Gasteiger partial charge in [-0.1, -0.05) is 0 Å². The van der Waals surface area contributed by atoms with Crippen LogP contribution in [0.2, 0.25) is 0 Å². The van der Waals surface area contributed by atoms with E-state index in [0.717, 1.165) is 71.6 Å². The molecule has 2 atom stereocenters. The van der Waals surface area contributed by atoms with E-state index in [-0.39, 0.29) is 11.8 Å². The molecule has 2 rings (SSSR count). The minimum Gasteiger partial charge on any atom is -0.381 e. The Labute approximate surface area is 128 Å². The highest BCUT2D eigenvalue weighted by Crippen LogP contribution is 2.16. The van der Waals surface area contributed by atoms with Gasteiger partial charge in [-0.25, -0.2) is 0 Å². The molecule has 2 aliphatic heterocycles. The van der Waals surface area contributed by atoms with Crippen molar-refractivity contribution in [2.45, 2.75) is 45.1 Å². The van der Waals surface area contributed by atoms with Gasteiger partial charge in [0.15, 0.2) is 0 Å². The van der Waals surface area contributed by atoms with Crippen molar-refractivity contribution in [2.24, 2.45) is 11.8 Å². The zero-order valence-corrected chi connectivity index (χ0v) is 13.2. The Balaban J connectivity index is 1.46. The smallest absolute Gasteiger partial charge is 0.223 e. The number of nitrogens with one attached hydrogen (secondary N) is 2. The molecule has 0 aromatic rings. The quantitative estimate of drug-likeness (QED) is 0.696. The van der Waals surface area contributed by atoms with Gasteiger partial charge in [0.2, 0.25) is 5.91 Å². The van der Waals surface area contributed by atoms with Crippen LogP contribution < -0.4 is 10.6 Å². The number of hydrogen-bond donors (Lipinski definition) is 2. The van der Waals surface area contributed by atoms with Gasteiger partial charge in [0.1, 0.15) is 0 Å². The number of rotatable bonds is 7. The summed E-state index contributed by atoms with van der Waals surface area (Å²) in [5, 5.41) is 6.42. The summed E-state index contributed by atoms with van der Waals surface area (Å²) >= 11 is 0. The first-order valence-corrected chi connectivity index (χ1v) is 8.42. The lowest BCUT2D eigenvalue weighted by atomic mass is 9.92. The second-order valence-electron chi connectivity index (χ2n) is 6.35. The van der Waals surface area contributed by atoms with Gasteiger partial charge in [-0.2, -0.15) is 0 Å². The number of carbonyl (C=O) groups is 1. The largest absolute Gasteiger partial charge is 0.381 e. The third kappa shape index (κ3) is 6.32. The predicted molar refractivity (Wildman–Crippen MR) is 82.2 cm³/mol. The summed E-state index contributed by atoms with van der Waals surface area (Å²) in [7, 11) is 0. The van der Waals surface area contributed by atoms with Crippen LogP contribution in [0.1, 0.15) is 39.0 Å². The molecule has 2 aliphatic rings. The van der Waals surface area contributed by atoms with E-state index in [0.29, 0.717) is 12.0 Å². The zero-order chi connectivity index (χ0) is 14.9. The minimum atomic E-state index is 0.185. The molecule has 2 heterocycles. The summed E-state index contributed by atoms with van der Waals surface area (Å²) in [5.41, 5.74) is 0. The fourth-order valence-corrected chi connectivity index (χ4v) is 3.06. The average molecular weight is 298 g/mol. The molecule has 2 saturated heterocycles. The van der Waals surface area contributed by atoms with Crippen LogP contribution in [0, 0.1) is 11.8 Å². The first-order chi connectivity index (χ1) is 10.3. The van der Waals surface area contributed by atoms with Gasteiger partial charge in [0.25, 0.3) is 0 Å². The van der Waals surface area contributed by atoms with Gasteiger partial charge in [0, 0.05) is 44.9 Å². The molecule has 0 spiro atoms. The van der Waals surface area contributed by atoms with E-state index >= 15 is 0 Å². The van der Waals surface area contributed by atoms with Crippen LogP contribution in [-0.2, 0) is 14.3 Å². The first kappa shape index (κ1) is 16.7. The van der Waals surface area contributed by atoms with Crippen LogP contribution in [0.15, 0.2) is 0 Å². The van der Waals surface area contributed by atoms with E-state index < -0.39 is 0 Å². The molecule has 5 nitrogen and oxygen atoms in total. The van der Waals surface area contributed by atoms with E-state index in [2.05, 4.69) is 17.6 Å². The summed E-state index contributed by atoms with van der Waals surface area (Å²) in [6.07, 6.45) is 5.03. The first-order valence-electron chi connectivity index (χ1n) is 8.42. The predicted octanol–water partition coefficient (Wildman–Crippen LogP) is 1.32. The SMILES string of the molecule is C[C@H]1C[C@@H](C(=O)NCCCOCC2CCOCC2)CCN1. The third-order valence-electron chi connectivity index (χ3n) is 4.45. The molecule has 122 valence electrons. The molecule has 1 amide bonds. The lowest BCUT2D eigenvalue weighted by Gasteiger charge is -2.27. The minimum absolute atomic E-state index is 0.185. The molecule has 0 radical (unpaired) electrons. The Morgan fingerprint density at radius 3 is 2.90 bits per heavy atom. The van der Waals surface area contributed by atoms with E-state index in [1.807, 2.05) is 0 Å².